The molecule has 4 aliphatic rings. The van der Waals surface area contributed by atoms with E-state index in [0.717, 1.165) is 59.9 Å². The number of nitrogens with one attached hydrogen (secondary N) is 1. The number of amides is 1. The quantitative estimate of drug-likeness (QED) is 0.293. The van der Waals surface area contributed by atoms with Gasteiger partial charge in [-0.25, -0.2) is 4.72 Å². The van der Waals surface area contributed by atoms with E-state index in [0.29, 0.717) is 30.0 Å². The second kappa shape index (κ2) is 12.5. The molecule has 2 aliphatic carbocycles. The van der Waals surface area contributed by atoms with E-state index in [4.69, 9.17) is 9.57 Å². The Balaban J connectivity index is 1.33. The number of carbonyl (C=O) groups excluding carboxylic acids is 1. The van der Waals surface area contributed by atoms with Crippen LogP contribution in [0.25, 0.3) is 22.2 Å². The maximum atomic E-state index is 13.3. The summed E-state index contributed by atoms with van der Waals surface area (Å²) in [5, 5.41) is 3.18. The van der Waals surface area contributed by atoms with Gasteiger partial charge in [-0.2, -0.15) is 17.8 Å². The third-order valence-corrected chi connectivity index (χ3v) is 12.8. The molecule has 2 aliphatic heterocycles. The zero-order chi connectivity index (χ0) is 33.1. The van der Waals surface area contributed by atoms with E-state index in [1.165, 1.54) is 68.6 Å². The topological polar surface area (TPSA) is 96.4 Å². The van der Waals surface area contributed by atoms with Gasteiger partial charge in [-0.3, -0.25) is 9.63 Å². The molecule has 10 nitrogen and oxygen atoms in total. The van der Waals surface area contributed by atoms with Gasteiger partial charge in [-0.05, 0) is 99.0 Å². The summed E-state index contributed by atoms with van der Waals surface area (Å²) in [7, 11) is 4.87. The van der Waals surface area contributed by atoms with Gasteiger partial charge in [-0.1, -0.05) is 25.3 Å². The van der Waals surface area contributed by atoms with Gasteiger partial charge in [0.2, 0.25) is 0 Å². The standard InChI is InChI=1S/C36H49N5O5S/c1-38(2)47(43,44)37-35(42)25-13-15-29-32(18-25)41-22-36(23-46-40(4)21-26-12-9-17-39(26)3)20-31(36)30-19-27(45-5)14-16-28(30)34(41)33(29)24-10-7-6-8-11-24/h13-16,18-19,24,26,31H,6-12,17,20-23H2,1-5H3,(H,37,42). The number of nitrogens with zero attached hydrogens (tertiary/aromatic N) is 4. The summed E-state index contributed by atoms with van der Waals surface area (Å²) >= 11 is 0. The highest BCUT2D eigenvalue weighted by Gasteiger charge is 2.58. The molecule has 0 spiro atoms. The number of rotatable bonds is 10. The molecule has 1 N–H and O–H groups in total. The minimum Gasteiger partial charge on any atom is -0.497 e. The molecule has 11 heteroatoms. The monoisotopic (exact) mass is 663 g/mol. The molecule has 2 saturated carbocycles. The molecule has 0 bridgehead atoms. The minimum atomic E-state index is -3.93. The van der Waals surface area contributed by atoms with Crippen molar-refractivity contribution in [2.75, 3.05) is 55.0 Å². The lowest BCUT2D eigenvalue weighted by molar-refractivity contribution is -0.163. The van der Waals surface area contributed by atoms with Crippen molar-refractivity contribution in [1.29, 1.82) is 0 Å². The van der Waals surface area contributed by atoms with Crippen LogP contribution in [0.15, 0.2) is 36.4 Å². The molecule has 0 radical (unpaired) electrons. The lowest BCUT2D eigenvalue weighted by Crippen LogP contribution is -2.39. The molecule has 1 aromatic heterocycles. The van der Waals surface area contributed by atoms with Crippen molar-refractivity contribution in [3.05, 3.63) is 53.1 Å². The summed E-state index contributed by atoms with van der Waals surface area (Å²) in [6, 6.07) is 12.7. The number of fused-ring (bicyclic) bond motifs is 7. The van der Waals surface area contributed by atoms with Crippen LogP contribution in [0.5, 0.6) is 5.75 Å². The first kappa shape index (κ1) is 32.6. The van der Waals surface area contributed by atoms with Crippen molar-refractivity contribution in [2.24, 2.45) is 5.41 Å². The molecule has 1 amide bonds. The van der Waals surface area contributed by atoms with Crippen LogP contribution in [0, 0.1) is 5.41 Å². The van der Waals surface area contributed by atoms with Gasteiger partial charge in [0.05, 0.1) is 19.4 Å². The zero-order valence-corrected chi connectivity index (χ0v) is 29.2. The maximum absolute atomic E-state index is 13.3. The fraction of sp³-hybridized carbons (Fsp3) is 0.583. The Morgan fingerprint density at radius 3 is 2.53 bits per heavy atom. The smallest absolute Gasteiger partial charge is 0.303 e. The molecule has 47 heavy (non-hydrogen) atoms. The van der Waals surface area contributed by atoms with E-state index in [-0.39, 0.29) is 5.41 Å². The third-order valence-electron chi connectivity index (χ3n) is 11.3. The van der Waals surface area contributed by atoms with E-state index >= 15 is 0 Å². The largest absolute Gasteiger partial charge is 0.497 e. The average Bonchev–Trinajstić information content (AvgIpc) is 3.52. The fourth-order valence-corrected chi connectivity index (χ4v) is 9.03. The number of likely N-dealkylation sites (N-methyl/N-ethyl adjacent to an activating group) is 2. The van der Waals surface area contributed by atoms with Crippen molar-refractivity contribution < 1.29 is 22.8 Å². The van der Waals surface area contributed by atoms with Crippen LogP contribution in [0.1, 0.15) is 84.7 Å². The first-order valence-corrected chi connectivity index (χ1v) is 18.6. The second-order valence-corrected chi connectivity index (χ2v) is 16.5. The summed E-state index contributed by atoms with van der Waals surface area (Å²) in [6.45, 7) is 3.36. The summed E-state index contributed by atoms with van der Waals surface area (Å²) in [5.41, 5.74) is 6.31. The summed E-state index contributed by atoms with van der Waals surface area (Å²) in [4.78, 5) is 22.3. The Kier molecular flexibility index (Phi) is 8.66. The number of carbonyl (C=O) groups is 1. The molecule has 3 aromatic rings. The predicted molar refractivity (Wildman–Crippen MR) is 184 cm³/mol. The van der Waals surface area contributed by atoms with Crippen LogP contribution in [0.3, 0.4) is 0 Å². The number of hydrogen-bond donors (Lipinski definition) is 1. The van der Waals surface area contributed by atoms with Crippen LogP contribution in [-0.4, -0.2) is 94.2 Å². The summed E-state index contributed by atoms with van der Waals surface area (Å²) in [6.07, 6.45) is 9.38. The van der Waals surface area contributed by atoms with Gasteiger partial charge >= 0.3 is 10.2 Å². The number of benzene rings is 2. The molecule has 3 fully saturated rings. The predicted octanol–water partition coefficient (Wildman–Crippen LogP) is 5.35. The van der Waals surface area contributed by atoms with Crippen molar-refractivity contribution in [1.82, 2.24) is 23.6 Å². The number of aromatic nitrogens is 1. The number of hydroxylamine groups is 2. The molecule has 254 valence electrons. The van der Waals surface area contributed by atoms with E-state index in [9.17, 15) is 13.2 Å². The molecule has 2 aromatic carbocycles. The number of ether oxygens (including phenoxy) is 1. The van der Waals surface area contributed by atoms with Crippen LogP contribution in [-0.2, 0) is 21.6 Å². The second-order valence-electron chi connectivity index (χ2n) is 14.6. The van der Waals surface area contributed by atoms with Crippen LogP contribution < -0.4 is 9.46 Å². The first-order chi connectivity index (χ1) is 22.5. The lowest BCUT2D eigenvalue weighted by Gasteiger charge is -2.27. The van der Waals surface area contributed by atoms with E-state index in [1.807, 2.05) is 17.2 Å². The van der Waals surface area contributed by atoms with E-state index < -0.39 is 16.1 Å². The molecule has 3 atom stereocenters. The molecular formula is C36H49N5O5S. The molecular weight excluding hydrogens is 614 g/mol. The van der Waals surface area contributed by atoms with Crippen molar-refractivity contribution in [3.8, 4) is 17.0 Å². The summed E-state index contributed by atoms with van der Waals surface area (Å²) < 4.78 is 36.5. The van der Waals surface area contributed by atoms with E-state index in [1.54, 1.807) is 13.2 Å². The summed E-state index contributed by atoms with van der Waals surface area (Å²) in [5.74, 6) is 0.968. The SMILES string of the molecule is COc1ccc2c(c1)C1CC1(CON(C)CC1CCCN1C)Cn1c-2c(C2CCCCC2)c2ccc(C(=O)NS(=O)(=O)N(C)C)cc21. The van der Waals surface area contributed by atoms with Gasteiger partial charge in [0.15, 0.2) is 0 Å². The minimum absolute atomic E-state index is 0.121. The Morgan fingerprint density at radius 1 is 1.04 bits per heavy atom. The maximum Gasteiger partial charge on any atom is 0.303 e. The Morgan fingerprint density at radius 2 is 1.83 bits per heavy atom. The van der Waals surface area contributed by atoms with Gasteiger partial charge in [0.1, 0.15) is 5.75 Å². The zero-order valence-electron chi connectivity index (χ0n) is 28.4. The third kappa shape index (κ3) is 5.99. The normalized spacial score (nSPS) is 24.7. The number of likely N-dealkylation sites (tertiary alicyclic amines) is 1. The lowest BCUT2D eigenvalue weighted by atomic mass is 9.81. The number of methoxy groups -OCH3 is 1. The Labute approximate surface area is 279 Å². The van der Waals surface area contributed by atoms with Crippen LogP contribution in [0.4, 0.5) is 0 Å². The van der Waals surface area contributed by atoms with Gasteiger partial charge < -0.3 is 14.2 Å². The molecule has 1 saturated heterocycles. The highest BCUT2D eigenvalue weighted by molar-refractivity contribution is 7.87. The van der Waals surface area contributed by atoms with Crippen LogP contribution >= 0.6 is 0 Å². The van der Waals surface area contributed by atoms with Crippen molar-refractivity contribution >= 4 is 27.0 Å². The Bertz CT molecular complexity index is 1780. The van der Waals surface area contributed by atoms with E-state index in [2.05, 4.69) is 46.5 Å². The average molecular weight is 664 g/mol. The molecule has 3 unspecified atom stereocenters. The molecule has 7 rings (SSSR count). The Hall–Kier alpha value is -2.96. The van der Waals surface area contributed by atoms with Gasteiger partial charge in [0, 0.05) is 67.7 Å². The highest BCUT2D eigenvalue weighted by Crippen LogP contribution is 2.65. The number of hydrogen-bond acceptors (Lipinski definition) is 7. The molecule has 3 heterocycles. The van der Waals surface area contributed by atoms with Gasteiger partial charge in [-0.15, -0.1) is 0 Å². The van der Waals surface area contributed by atoms with Gasteiger partial charge in [0.25, 0.3) is 5.91 Å². The van der Waals surface area contributed by atoms with Crippen LogP contribution in [0.2, 0.25) is 0 Å². The first-order valence-electron chi connectivity index (χ1n) is 17.1. The van der Waals surface area contributed by atoms with Crippen molar-refractivity contribution in [3.63, 3.8) is 0 Å². The van der Waals surface area contributed by atoms with Crippen molar-refractivity contribution in [2.45, 2.75) is 75.8 Å². The fourth-order valence-electron chi connectivity index (χ4n) is 8.50. The highest BCUT2D eigenvalue weighted by atomic mass is 32.2.